The summed E-state index contributed by atoms with van der Waals surface area (Å²) < 4.78 is 67.3. The summed E-state index contributed by atoms with van der Waals surface area (Å²) in [5, 5.41) is 158. The molecular weight excluding hydrogens is 1240 g/mol. The highest BCUT2D eigenvalue weighted by Crippen LogP contribution is 2.89. The van der Waals surface area contributed by atoms with Crippen LogP contribution in [0.2, 0.25) is 0 Å². The van der Waals surface area contributed by atoms with Crippen molar-refractivity contribution in [2.75, 3.05) is 19.8 Å². The lowest BCUT2D eigenvalue weighted by atomic mass is 9.42. The molecule has 11 aliphatic rings. The third-order valence-electron chi connectivity index (χ3n) is 25.5. The summed E-state index contributed by atoms with van der Waals surface area (Å²) in [5.74, 6) is 0.372. The zero-order valence-electron chi connectivity index (χ0n) is 55.3. The molecule has 2 spiro atoms. The second-order valence-electron chi connectivity index (χ2n) is 30.6. The van der Waals surface area contributed by atoms with Crippen LogP contribution in [0, 0.1) is 56.7 Å². The summed E-state index contributed by atoms with van der Waals surface area (Å²) >= 11 is 0. The topological polar surface area (TPSA) is 431 Å². The number of cyclic esters (lactones) is 1. The van der Waals surface area contributed by atoms with E-state index in [0.717, 1.165) is 51.4 Å². The van der Waals surface area contributed by atoms with Gasteiger partial charge in [-0.25, -0.2) is 4.79 Å². The zero-order chi connectivity index (χ0) is 68.4. The van der Waals surface area contributed by atoms with E-state index >= 15 is 0 Å². The number of nitrogens with one attached hydrogen (secondary N) is 1. The van der Waals surface area contributed by atoms with E-state index in [4.69, 9.17) is 52.1 Å². The molecule has 5 aliphatic carbocycles. The van der Waals surface area contributed by atoms with Crippen molar-refractivity contribution < 1.29 is 133 Å². The fourth-order valence-electron chi connectivity index (χ4n) is 19.4. The summed E-state index contributed by atoms with van der Waals surface area (Å²) in [7, 11) is 0. The van der Waals surface area contributed by atoms with Gasteiger partial charge in [0.05, 0.1) is 38.1 Å². The van der Waals surface area contributed by atoms with Gasteiger partial charge in [-0.3, -0.25) is 4.79 Å². The van der Waals surface area contributed by atoms with Crippen LogP contribution in [-0.4, -0.2) is 275 Å². The Bertz CT molecular complexity index is 2730. The molecule has 0 aromatic heterocycles. The summed E-state index contributed by atoms with van der Waals surface area (Å²) in [5.41, 5.74) is 0.0783. The minimum absolute atomic E-state index is 0.0102. The minimum Gasteiger partial charge on any atom is -0.461 e. The van der Waals surface area contributed by atoms with Crippen LogP contribution < -0.4 is 5.32 Å². The van der Waals surface area contributed by atoms with E-state index in [0.29, 0.717) is 23.8 Å². The molecule has 0 radical (unpaired) electrons. The number of rotatable bonds is 18. The van der Waals surface area contributed by atoms with Gasteiger partial charge in [-0.2, -0.15) is 0 Å². The van der Waals surface area contributed by atoms with Crippen LogP contribution in [-0.2, 0) is 61.7 Å². The number of aliphatic hydroxyl groups excluding tert-OH is 14. The molecule has 28 nitrogen and oxygen atoms in total. The maximum atomic E-state index is 13.2. The van der Waals surface area contributed by atoms with E-state index in [1.54, 1.807) is 6.92 Å². The van der Waals surface area contributed by atoms with E-state index in [-0.39, 0.29) is 51.4 Å². The molecule has 0 bridgehead atoms. The second-order valence-corrected chi connectivity index (χ2v) is 30.6. The van der Waals surface area contributed by atoms with E-state index < -0.39 is 197 Å². The van der Waals surface area contributed by atoms with Gasteiger partial charge in [-0.15, -0.1) is 0 Å². The predicted octanol–water partition coefficient (Wildman–Crippen LogP) is -1.83. The average molecular weight is 1340 g/mol. The minimum atomic E-state index is -2.08. The normalized spacial score (nSPS) is 53.7. The number of hydrogen-bond donors (Lipinski definition) is 15. The van der Waals surface area contributed by atoms with Crippen LogP contribution in [0.1, 0.15) is 127 Å². The monoisotopic (exact) mass is 1340 g/mol. The highest BCUT2D eigenvalue weighted by atomic mass is 16.8. The number of fused-ring (bicyclic) bond motifs is 2. The van der Waals surface area contributed by atoms with Gasteiger partial charge in [0.25, 0.3) is 0 Å². The number of carbonyl (C=O) groups excluding carboxylic acids is 2. The van der Waals surface area contributed by atoms with Crippen molar-refractivity contribution in [2.45, 2.75) is 299 Å². The quantitative estimate of drug-likeness (QED) is 0.0311. The molecule has 6 saturated heterocycles. The first-order valence-electron chi connectivity index (χ1n) is 34.0. The standard InChI is InChI=1S/C66H105NO27/c1-26(12-11-13-27(2)55(82)67-39-28(3)29(4)85-56(39)83)32-16-18-64(10)37-15-14-36-62(7,8)38(17-19-65(36)25-66(37,65)21-20-63(32,64)9)91-60-54(51(81)52(34(23-69)89-60)92-58-49(79)44(74)40(70)30(5)86-58)94-61-53(93-59-50(80)45(75)41(71)31(6)87-59)47(77)43(73)35(90-61)24-84-57-48(78)46(76)42(72)33(22-68)88-57/h11-13,26,28-54,57-61,68-81H,14-25H2,1-10H3,(H,67,82)/b12-11+,27-13+/t26-,28?,29?,30+,31+,32-,33-,34-,35-,36?,37+,38+,39?,40+,41+,42-,43-,44-,45-,46+,47+,48-,49-,50-,51+,52-,53-,54-,57-,58+,59+,60+,61+,63-,64+,65-,66+/m1/s1. The predicted molar refractivity (Wildman–Crippen MR) is 322 cm³/mol. The Labute approximate surface area is 547 Å². The van der Waals surface area contributed by atoms with Crippen molar-refractivity contribution >= 4 is 11.9 Å². The maximum Gasteiger partial charge on any atom is 0.329 e. The molecule has 11 fully saturated rings. The van der Waals surface area contributed by atoms with E-state index in [2.05, 4.69) is 46.0 Å². The van der Waals surface area contributed by atoms with Gasteiger partial charge in [-0.1, -0.05) is 59.8 Å². The number of ether oxygens (including phenoxy) is 11. The molecule has 28 heteroatoms. The number of allylic oxidation sites excluding steroid dienone is 3. The lowest BCUT2D eigenvalue weighted by Gasteiger charge is -2.63. The average Bonchev–Trinajstić information content (AvgIpc) is 1.46. The molecule has 6 aliphatic heterocycles. The van der Waals surface area contributed by atoms with Crippen molar-refractivity contribution in [2.24, 2.45) is 56.7 Å². The molecule has 94 heavy (non-hydrogen) atoms. The molecular formula is C66H105NO27. The number of hydrogen-bond acceptors (Lipinski definition) is 27. The molecule has 6 heterocycles. The van der Waals surface area contributed by atoms with Gasteiger partial charge in [0.1, 0.15) is 122 Å². The first-order chi connectivity index (χ1) is 44.2. The van der Waals surface area contributed by atoms with Crippen molar-refractivity contribution in [3.05, 3.63) is 23.8 Å². The molecule has 536 valence electrons. The summed E-state index contributed by atoms with van der Waals surface area (Å²) in [6.45, 7) is 17.5. The van der Waals surface area contributed by atoms with Crippen LogP contribution in [0.4, 0.5) is 0 Å². The van der Waals surface area contributed by atoms with E-state index in [1.165, 1.54) is 13.8 Å². The number of carbonyl (C=O) groups is 2. The van der Waals surface area contributed by atoms with Crippen LogP contribution in [0.3, 0.4) is 0 Å². The summed E-state index contributed by atoms with van der Waals surface area (Å²) in [6.07, 6.45) is -29.5. The SMILES string of the molecule is C/C(=C\C=C\[C@@H](C)[C@H]1CC[C@@]2(C)[C@@H]3CCC4C(C)(C)[C@@H](O[C@@H]5O[C@H](CO)[C@@H](O[C@@H]6O[C@@H](C)[C@H](O)[C@@H](O)[C@H]6O)[C@H](O)[C@H]5O[C@@H]5O[C@H](CO[C@@H]6O[C@H](CO)[C@@H](O)[C@H](O)[C@H]6O)[C@@H](O)[C@H](O)[C@H]5O[C@@H]5O[C@@H](C)[C@H](O)[C@@H](O)[C@H]5O)CC[C@@]45C[C@@]35CC[C@]12C)C(=O)NC1C(=O)OC(C)C1C. The molecule has 11 rings (SSSR count). The lowest BCUT2D eigenvalue weighted by molar-refractivity contribution is -0.408. The van der Waals surface area contributed by atoms with Crippen molar-refractivity contribution in [1.29, 1.82) is 0 Å². The van der Waals surface area contributed by atoms with Crippen LogP contribution in [0.25, 0.3) is 0 Å². The first-order valence-corrected chi connectivity index (χ1v) is 34.0. The number of esters is 1. The van der Waals surface area contributed by atoms with Gasteiger partial charge in [0.15, 0.2) is 31.5 Å². The Morgan fingerprint density at radius 1 is 0.553 bits per heavy atom. The highest BCUT2D eigenvalue weighted by Gasteiger charge is 2.82. The van der Waals surface area contributed by atoms with Crippen molar-refractivity contribution in [3.8, 4) is 0 Å². The van der Waals surface area contributed by atoms with Crippen LogP contribution in [0.5, 0.6) is 0 Å². The largest absolute Gasteiger partial charge is 0.461 e. The molecule has 0 aromatic carbocycles. The van der Waals surface area contributed by atoms with Crippen LogP contribution >= 0.6 is 0 Å². The number of aliphatic hydroxyl groups is 14. The van der Waals surface area contributed by atoms with E-state index in [1.807, 2.05) is 26.0 Å². The molecule has 1 amide bonds. The maximum absolute atomic E-state index is 13.2. The molecule has 0 aromatic rings. The fraction of sp³-hybridized carbons (Fsp3) is 0.909. The smallest absolute Gasteiger partial charge is 0.329 e. The molecule has 4 unspecified atom stereocenters. The van der Waals surface area contributed by atoms with Crippen LogP contribution in [0.15, 0.2) is 23.8 Å². The van der Waals surface area contributed by atoms with Gasteiger partial charge < -0.3 is 129 Å². The van der Waals surface area contributed by atoms with Crippen molar-refractivity contribution in [3.63, 3.8) is 0 Å². The van der Waals surface area contributed by atoms with Gasteiger partial charge in [0, 0.05) is 11.5 Å². The summed E-state index contributed by atoms with van der Waals surface area (Å²) in [6, 6.07) is -0.690. The van der Waals surface area contributed by atoms with Gasteiger partial charge in [-0.05, 0) is 136 Å². The van der Waals surface area contributed by atoms with E-state index in [9.17, 15) is 81.1 Å². The Balaban J connectivity index is 0.844. The fourth-order valence-corrected chi connectivity index (χ4v) is 19.4. The Hall–Kier alpha value is -2.54. The summed E-state index contributed by atoms with van der Waals surface area (Å²) in [4.78, 5) is 25.6. The molecule has 15 N–H and O–H groups in total. The molecule has 5 saturated carbocycles. The first kappa shape index (κ1) is 72.7. The zero-order valence-corrected chi connectivity index (χ0v) is 55.3. The van der Waals surface area contributed by atoms with Gasteiger partial charge in [0.2, 0.25) is 5.91 Å². The number of amides is 1. The Morgan fingerprint density at radius 2 is 1.09 bits per heavy atom. The van der Waals surface area contributed by atoms with Crippen molar-refractivity contribution in [1.82, 2.24) is 5.32 Å². The highest BCUT2D eigenvalue weighted by molar-refractivity contribution is 5.96. The lowest BCUT2D eigenvalue weighted by Crippen LogP contribution is -2.68. The second kappa shape index (κ2) is 27.4. The Kier molecular flexibility index (Phi) is 21.2. The molecule has 37 atom stereocenters. The third-order valence-corrected chi connectivity index (χ3v) is 25.5. The third kappa shape index (κ3) is 12.3. The van der Waals surface area contributed by atoms with Gasteiger partial charge >= 0.3 is 5.97 Å². The Morgan fingerprint density at radius 3 is 1.70 bits per heavy atom.